The van der Waals surface area contributed by atoms with Crippen LogP contribution < -0.4 is 5.32 Å². The highest BCUT2D eigenvalue weighted by Crippen LogP contribution is 2.31. The SMILES string of the molecule is CNC(c1cccc2ncccc12)C(C)C(C)C. The van der Waals surface area contributed by atoms with E-state index in [2.05, 4.69) is 55.3 Å². The van der Waals surface area contributed by atoms with Crippen molar-refractivity contribution in [1.82, 2.24) is 10.3 Å². The van der Waals surface area contributed by atoms with Gasteiger partial charge in [-0.2, -0.15) is 0 Å². The zero-order valence-electron chi connectivity index (χ0n) is 11.6. The number of fused-ring (bicyclic) bond motifs is 1. The molecule has 96 valence electrons. The van der Waals surface area contributed by atoms with Crippen molar-refractivity contribution in [2.75, 3.05) is 7.05 Å². The largest absolute Gasteiger partial charge is 0.313 e. The molecule has 0 saturated heterocycles. The summed E-state index contributed by atoms with van der Waals surface area (Å²) in [5, 5.41) is 4.72. The number of nitrogens with zero attached hydrogens (tertiary/aromatic N) is 1. The third-order valence-corrected chi connectivity index (χ3v) is 3.90. The molecule has 1 aromatic carbocycles. The van der Waals surface area contributed by atoms with Crippen molar-refractivity contribution < 1.29 is 0 Å². The van der Waals surface area contributed by atoms with Gasteiger partial charge in [-0.25, -0.2) is 0 Å². The van der Waals surface area contributed by atoms with Crippen LogP contribution in [0.15, 0.2) is 36.5 Å². The van der Waals surface area contributed by atoms with Crippen molar-refractivity contribution >= 4 is 10.9 Å². The second-order valence-electron chi connectivity index (χ2n) is 5.29. The first-order valence-corrected chi connectivity index (χ1v) is 6.66. The van der Waals surface area contributed by atoms with Crippen LogP contribution >= 0.6 is 0 Å². The molecule has 2 rings (SSSR count). The van der Waals surface area contributed by atoms with E-state index in [-0.39, 0.29) is 0 Å². The Morgan fingerprint density at radius 3 is 2.50 bits per heavy atom. The summed E-state index contributed by atoms with van der Waals surface area (Å²) in [6.07, 6.45) is 1.85. The third kappa shape index (κ3) is 2.39. The lowest BCUT2D eigenvalue weighted by Gasteiger charge is -2.28. The van der Waals surface area contributed by atoms with Crippen LogP contribution in [0, 0.1) is 11.8 Å². The van der Waals surface area contributed by atoms with Gasteiger partial charge in [-0.05, 0) is 36.6 Å². The van der Waals surface area contributed by atoms with Crippen LogP contribution in [0.2, 0.25) is 0 Å². The van der Waals surface area contributed by atoms with Crippen molar-refractivity contribution in [1.29, 1.82) is 0 Å². The van der Waals surface area contributed by atoms with Gasteiger partial charge in [0.2, 0.25) is 0 Å². The van der Waals surface area contributed by atoms with Crippen LogP contribution in [0.3, 0.4) is 0 Å². The van der Waals surface area contributed by atoms with E-state index in [0.29, 0.717) is 17.9 Å². The quantitative estimate of drug-likeness (QED) is 0.882. The summed E-state index contributed by atoms with van der Waals surface area (Å²) in [4.78, 5) is 4.43. The standard InChI is InChI=1S/C16H22N2/c1-11(2)12(3)16(17-4)14-7-5-9-15-13(14)8-6-10-18-15/h5-12,16-17H,1-4H3. The zero-order valence-corrected chi connectivity index (χ0v) is 11.6. The monoisotopic (exact) mass is 242 g/mol. The van der Waals surface area contributed by atoms with Crippen LogP contribution in [-0.4, -0.2) is 12.0 Å². The molecule has 2 unspecified atom stereocenters. The number of hydrogen-bond acceptors (Lipinski definition) is 2. The van der Waals surface area contributed by atoms with E-state index in [4.69, 9.17) is 0 Å². The van der Waals surface area contributed by atoms with E-state index < -0.39 is 0 Å². The second kappa shape index (κ2) is 5.49. The maximum atomic E-state index is 4.43. The minimum absolute atomic E-state index is 0.373. The first kappa shape index (κ1) is 13.0. The van der Waals surface area contributed by atoms with Crippen LogP contribution in [0.5, 0.6) is 0 Å². The van der Waals surface area contributed by atoms with Crippen molar-refractivity contribution in [3.63, 3.8) is 0 Å². The van der Waals surface area contributed by atoms with E-state index in [0.717, 1.165) is 5.52 Å². The second-order valence-corrected chi connectivity index (χ2v) is 5.29. The molecule has 0 spiro atoms. The van der Waals surface area contributed by atoms with Crippen LogP contribution in [0.4, 0.5) is 0 Å². The first-order valence-electron chi connectivity index (χ1n) is 6.66. The summed E-state index contributed by atoms with van der Waals surface area (Å²) in [7, 11) is 2.04. The molecule has 18 heavy (non-hydrogen) atoms. The lowest BCUT2D eigenvalue weighted by Crippen LogP contribution is -2.26. The molecule has 2 heteroatoms. The molecule has 0 bridgehead atoms. The molecular weight excluding hydrogens is 220 g/mol. The number of hydrogen-bond donors (Lipinski definition) is 1. The van der Waals surface area contributed by atoms with Crippen molar-refractivity contribution in [3.05, 3.63) is 42.1 Å². The highest BCUT2D eigenvalue weighted by Gasteiger charge is 2.21. The van der Waals surface area contributed by atoms with Crippen LogP contribution in [0.25, 0.3) is 10.9 Å². The Labute approximate surface area is 109 Å². The molecule has 0 saturated carbocycles. The van der Waals surface area contributed by atoms with Gasteiger partial charge in [0.05, 0.1) is 5.52 Å². The normalized spacial score (nSPS) is 14.9. The van der Waals surface area contributed by atoms with E-state index in [1.54, 1.807) is 0 Å². The number of nitrogens with one attached hydrogen (secondary N) is 1. The molecule has 2 nitrogen and oxygen atoms in total. The summed E-state index contributed by atoms with van der Waals surface area (Å²) >= 11 is 0. The smallest absolute Gasteiger partial charge is 0.0705 e. The minimum atomic E-state index is 0.373. The Kier molecular flexibility index (Phi) is 3.97. The Balaban J connectivity index is 2.51. The predicted molar refractivity (Wildman–Crippen MR) is 77.5 cm³/mol. The van der Waals surface area contributed by atoms with Gasteiger partial charge in [-0.1, -0.05) is 39.0 Å². The number of benzene rings is 1. The lowest BCUT2D eigenvalue weighted by atomic mass is 9.85. The molecule has 2 atom stereocenters. The van der Waals surface area contributed by atoms with Crippen molar-refractivity contribution in [2.45, 2.75) is 26.8 Å². The van der Waals surface area contributed by atoms with E-state index in [9.17, 15) is 0 Å². The van der Waals surface area contributed by atoms with E-state index >= 15 is 0 Å². The third-order valence-electron chi connectivity index (χ3n) is 3.90. The maximum Gasteiger partial charge on any atom is 0.0705 e. The molecule has 0 aliphatic carbocycles. The van der Waals surface area contributed by atoms with Crippen LogP contribution in [0.1, 0.15) is 32.4 Å². The van der Waals surface area contributed by atoms with Gasteiger partial charge in [0.15, 0.2) is 0 Å². The minimum Gasteiger partial charge on any atom is -0.313 e. The summed E-state index contributed by atoms with van der Waals surface area (Å²) in [5.41, 5.74) is 2.43. The van der Waals surface area contributed by atoms with Gasteiger partial charge in [-0.15, -0.1) is 0 Å². The van der Waals surface area contributed by atoms with Crippen molar-refractivity contribution in [3.8, 4) is 0 Å². The summed E-state index contributed by atoms with van der Waals surface area (Å²) < 4.78 is 0. The van der Waals surface area contributed by atoms with Gasteiger partial charge in [0.1, 0.15) is 0 Å². The summed E-state index contributed by atoms with van der Waals surface area (Å²) in [6, 6.07) is 10.9. The molecule has 1 aromatic heterocycles. The molecule has 2 aromatic rings. The molecular formula is C16H22N2. The van der Waals surface area contributed by atoms with Gasteiger partial charge in [0.25, 0.3) is 0 Å². The fraction of sp³-hybridized carbons (Fsp3) is 0.438. The van der Waals surface area contributed by atoms with Gasteiger partial charge >= 0.3 is 0 Å². The Hall–Kier alpha value is -1.41. The molecule has 0 aliphatic rings. The highest BCUT2D eigenvalue weighted by atomic mass is 14.9. The van der Waals surface area contributed by atoms with E-state index in [1.165, 1.54) is 10.9 Å². The Morgan fingerprint density at radius 1 is 1.06 bits per heavy atom. The lowest BCUT2D eigenvalue weighted by molar-refractivity contribution is 0.318. The van der Waals surface area contributed by atoms with Gasteiger partial charge in [-0.3, -0.25) is 4.98 Å². The topological polar surface area (TPSA) is 24.9 Å². The summed E-state index contributed by atoms with van der Waals surface area (Å²) in [6.45, 7) is 6.86. The first-order chi connectivity index (χ1) is 8.65. The number of aromatic nitrogens is 1. The average molecular weight is 242 g/mol. The molecule has 1 heterocycles. The zero-order chi connectivity index (χ0) is 13.1. The maximum absolute atomic E-state index is 4.43. The molecule has 0 radical (unpaired) electrons. The predicted octanol–water partition coefficient (Wildman–Crippen LogP) is 3.79. The van der Waals surface area contributed by atoms with E-state index in [1.807, 2.05) is 19.3 Å². The van der Waals surface area contributed by atoms with Gasteiger partial charge < -0.3 is 5.32 Å². The highest BCUT2D eigenvalue weighted by molar-refractivity contribution is 5.82. The van der Waals surface area contributed by atoms with Gasteiger partial charge in [0, 0.05) is 17.6 Å². The fourth-order valence-electron chi connectivity index (χ4n) is 2.48. The summed E-state index contributed by atoms with van der Waals surface area (Å²) in [5.74, 6) is 1.23. The molecule has 0 amide bonds. The fourth-order valence-corrected chi connectivity index (χ4v) is 2.48. The number of rotatable bonds is 4. The molecule has 0 fully saturated rings. The molecule has 1 N–H and O–H groups in total. The van der Waals surface area contributed by atoms with Crippen LogP contribution in [-0.2, 0) is 0 Å². The number of pyridine rings is 1. The average Bonchev–Trinajstić information content (AvgIpc) is 2.39. The van der Waals surface area contributed by atoms with Crippen molar-refractivity contribution in [2.24, 2.45) is 11.8 Å². The molecule has 0 aliphatic heterocycles. The Morgan fingerprint density at radius 2 is 1.83 bits per heavy atom. The Bertz CT molecular complexity index is 514.